The Labute approximate surface area is 103 Å². The Morgan fingerprint density at radius 3 is 2.88 bits per heavy atom. The highest BCUT2D eigenvalue weighted by Gasteiger charge is 2.40. The maximum atomic E-state index is 13.4. The summed E-state index contributed by atoms with van der Waals surface area (Å²) in [5.74, 6) is 0.0104. The highest BCUT2D eigenvalue weighted by molar-refractivity contribution is 5.33. The molecule has 1 aromatic carbocycles. The van der Waals surface area contributed by atoms with Crippen molar-refractivity contribution in [2.45, 2.75) is 51.6 Å². The van der Waals surface area contributed by atoms with Crippen LogP contribution in [0.5, 0.6) is 0 Å². The summed E-state index contributed by atoms with van der Waals surface area (Å²) in [4.78, 5) is 0. The molecule has 1 aliphatic carbocycles. The zero-order valence-corrected chi connectivity index (χ0v) is 10.7. The molecule has 17 heavy (non-hydrogen) atoms. The minimum absolute atomic E-state index is 0.251. The molecule has 0 bridgehead atoms. The van der Waals surface area contributed by atoms with Crippen LogP contribution in [0.2, 0.25) is 0 Å². The summed E-state index contributed by atoms with van der Waals surface area (Å²) in [5, 5.41) is 10.9. The highest BCUT2D eigenvalue weighted by atomic mass is 19.1. The maximum absolute atomic E-state index is 13.4. The van der Waals surface area contributed by atoms with E-state index < -0.39 is 5.60 Å². The molecule has 0 heterocycles. The predicted octanol–water partition coefficient (Wildman–Crippen LogP) is 3.92. The fourth-order valence-corrected chi connectivity index (χ4v) is 3.19. The molecule has 0 saturated heterocycles. The zero-order valence-electron chi connectivity index (χ0n) is 10.7. The van der Waals surface area contributed by atoms with E-state index in [9.17, 15) is 9.50 Å². The van der Waals surface area contributed by atoms with Gasteiger partial charge in [0.2, 0.25) is 0 Å². The van der Waals surface area contributed by atoms with E-state index in [1.54, 1.807) is 6.07 Å². The van der Waals surface area contributed by atoms with Gasteiger partial charge in [-0.1, -0.05) is 32.3 Å². The van der Waals surface area contributed by atoms with Gasteiger partial charge in [-0.2, -0.15) is 0 Å². The molecule has 94 valence electrons. The van der Waals surface area contributed by atoms with Crippen molar-refractivity contribution >= 4 is 0 Å². The second-order valence-corrected chi connectivity index (χ2v) is 5.23. The van der Waals surface area contributed by atoms with Crippen LogP contribution in [0.25, 0.3) is 0 Å². The van der Waals surface area contributed by atoms with E-state index >= 15 is 0 Å². The van der Waals surface area contributed by atoms with Gasteiger partial charge in [0, 0.05) is 0 Å². The normalized spacial score (nSPS) is 29.3. The van der Waals surface area contributed by atoms with Gasteiger partial charge >= 0.3 is 0 Å². The molecule has 0 aromatic heterocycles. The molecule has 1 saturated carbocycles. The number of halogens is 1. The third kappa shape index (κ3) is 2.23. The third-order valence-electron chi connectivity index (χ3n) is 4.19. The number of hydrogen-bond donors (Lipinski definition) is 1. The minimum atomic E-state index is -0.820. The van der Waals surface area contributed by atoms with Crippen LogP contribution in [0.15, 0.2) is 18.2 Å². The lowest BCUT2D eigenvalue weighted by Gasteiger charge is -2.41. The van der Waals surface area contributed by atoms with Crippen LogP contribution in [0.4, 0.5) is 4.39 Å². The van der Waals surface area contributed by atoms with Gasteiger partial charge in [0.25, 0.3) is 0 Å². The first kappa shape index (κ1) is 12.6. The van der Waals surface area contributed by atoms with Gasteiger partial charge < -0.3 is 5.11 Å². The largest absolute Gasteiger partial charge is 0.385 e. The molecular weight excluding hydrogens is 215 g/mol. The van der Waals surface area contributed by atoms with Crippen LogP contribution < -0.4 is 0 Å². The molecule has 2 rings (SSSR count). The number of rotatable bonds is 2. The molecular formula is C15H21FO. The molecule has 0 amide bonds. The molecule has 2 heteroatoms. The van der Waals surface area contributed by atoms with E-state index in [-0.39, 0.29) is 11.7 Å². The Morgan fingerprint density at radius 1 is 1.41 bits per heavy atom. The third-order valence-corrected chi connectivity index (χ3v) is 4.19. The van der Waals surface area contributed by atoms with E-state index in [1.165, 1.54) is 18.6 Å². The summed E-state index contributed by atoms with van der Waals surface area (Å²) in [6, 6.07) is 4.75. The van der Waals surface area contributed by atoms with Crippen molar-refractivity contribution < 1.29 is 9.50 Å². The van der Waals surface area contributed by atoms with Crippen LogP contribution in [-0.4, -0.2) is 5.11 Å². The minimum Gasteiger partial charge on any atom is -0.385 e. The summed E-state index contributed by atoms with van der Waals surface area (Å²) in [5.41, 5.74) is 0.970. The van der Waals surface area contributed by atoms with Gasteiger partial charge in [-0.25, -0.2) is 4.39 Å². The molecule has 1 N–H and O–H groups in total. The molecule has 1 fully saturated rings. The van der Waals surface area contributed by atoms with Gasteiger partial charge in [0.05, 0.1) is 5.60 Å². The molecule has 0 spiro atoms. The smallest absolute Gasteiger partial charge is 0.123 e. The van der Waals surface area contributed by atoms with E-state index in [2.05, 4.69) is 6.92 Å². The van der Waals surface area contributed by atoms with Gasteiger partial charge in [-0.15, -0.1) is 0 Å². The number of aryl methyl sites for hydroxylation is 1. The molecule has 0 radical (unpaired) electrons. The fourth-order valence-electron chi connectivity index (χ4n) is 3.19. The van der Waals surface area contributed by atoms with Crippen LogP contribution >= 0.6 is 0 Å². The second-order valence-electron chi connectivity index (χ2n) is 5.23. The number of benzene rings is 1. The topological polar surface area (TPSA) is 20.2 Å². The van der Waals surface area contributed by atoms with E-state index in [0.717, 1.165) is 36.8 Å². The van der Waals surface area contributed by atoms with Crippen molar-refractivity contribution in [3.8, 4) is 0 Å². The van der Waals surface area contributed by atoms with Crippen molar-refractivity contribution in [3.05, 3.63) is 35.1 Å². The van der Waals surface area contributed by atoms with Gasteiger partial charge in [0.15, 0.2) is 0 Å². The van der Waals surface area contributed by atoms with E-state index in [4.69, 9.17) is 0 Å². The first-order valence-electron chi connectivity index (χ1n) is 6.57. The lowest BCUT2D eigenvalue weighted by Crippen LogP contribution is -2.38. The molecule has 2 unspecified atom stereocenters. The monoisotopic (exact) mass is 236 g/mol. The summed E-state index contributed by atoms with van der Waals surface area (Å²) >= 11 is 0. The van der Waals surface area contributed by atoms with Crippen LogP contribution in [0, 0.1) is 18.7 Å². The maximum Gasteiger partial charge on any atom is 0.123 e. The lowest BCUT2D eigenvalue weighted by molar-refractivity contribution is -0.0564. The molecule has 2 atom stereocenters. The van der Waals surface area contributed by atoms with Crippen molar-refractivity contribution in [1.82, 2.24) is 0 Å². The summed E-state index contributed by atoms with van der Waals surface area (Å²) in [6.07, 6.45) is 4.96. The number of aliphatic hydroxyl groups is 1. The molecule has 0 aliphatic heterocycles. The van der Waals surface area contributed by atoms with Crippen molar-refractivity contribution in [2.24, 2.45) is 5.92 Å². The van der Waals surface area contributed by atoms with Crippen LogP contribution in [-0.2, 0) is 5.60 Å². The quantitative estimate of drug-likeness (QED) is 0.825. The molecule has 1 nitrogen and oxygen atoms in total. The Kier molecular flexibility index (Phi) is 3.53. The summed E-state index contributed by atoms with van der Waals surface area (Å²) in [6.45, 7) is 4.06. The van der Waals surface area contributed by atoms with E-state index in [1.807, 2.05) is 6.92 Å². The van der Waals surface area contributed by atoms with Gasteiger partial charge in [-0.3, -0.25) is 0 Å². The SMILES string of the molecule is CCC1CCCCC1(O)c1cc(F)ccc1C. The van der Waals surface area contributed by atoms with Crippen LogP contribution in [0.1, 0.15) is 50.2 Å². The Hall–Kier alpha value is -0.890. The standard InChI is InChI=1S/C15H21FO/c1-3-12-6-4-5-9-15(12,17)14-10-13(16)8-7-11(14)2/h7-8,10,12,17H,3-6,9H2,1-2H3. The fraction of sp³-hybridized carbons (Fsp3) is 0.600. The first-order chi connectivity index (χ1) is 8.08. The average Bonchev–Trinajstić information content (AvgIpc) is 2.33. The summed E-state index contributed by atoms with van der Waals surface area (Å²) in [7, 11) is 0. The number of hydrogen-bond acceptors (Lipinski definition) is 1. The van der Waals surface area contributed by atoms with Crippen molar-refractivity contribution in [2.75, 3.05) is 0 Å². The lowest BCUT2D eigenvalue weighted by atomic mass is 9.69. The first-order valence-corrected chi connectivity index (χ1v) is 6.57. The molecule has 1 aromatic rings. The Bertz CT molecular complexity index is 402. The average molecular weight is 236 g/mol. The van der Waals surface area contributed by atoms with E-state index in [0.29, 0.717) is 0 Å². The van der Waals surface area contributed by atoms with Gasteiger partial charge in [0.1, 0.15) is 5.82 Å². The van der Waals surface area contributed by atoms with Crippen molar-refractivity contribution in [1.29, 1.82) is 0 Å². The molecule has 1 aliphatic rings. The summed E-state index contributed by atoms with van der Waals surface area (Å²) < 4.78 is 13.4. The zero-order chi connectivity index (χ0) is 12.5. The van der Waals surface area contributed by atoms with Crippen molar-refractivity contribution in [3.63, 3.8) is 0 Å². The Balaban J connectivity index is 2.44. The van der Waals surface area contributed by atoms with Gasteiger partial charge in [-0.05, 0) is 48.9 Å². The van der Waals surface area contributed by atoms with Crippen LogP contribution in [0.3, 0.4) is 0 Å². The highest BCUT2D eigenvalue weighted by Crippen LogP contribution is 2.44. The second kappa shape index (κ2) is 4.77. The predicted molar refractivity (Wildman–Crippen MR) is 67.3 cm³/mol. The Morgan fingerprint density at radius 2 is 2.18 bits per heavy atom.